The summed E-state index contributed by atoms with van der Waals surface area (Å²) in [5, 5.41) is 6.54. The van der Waals surface area contributed by atoms with Gasteiger partial charge in [-0.05, 0) is 48.1 Å². The summed E-state index contributed by atoms with van der Waals surface area (Å²) in [6, 6.07) is 4.33. The van der Waals surface area contributed by atoms with Crippen LogP contribution in [-0.2, 0) is 11.2 Å². The summed E-state index contributed by atoms with van der Waals surface area (Å²) < 4.78 is 6.32. The second-order valence-electron chi connectivity index (χ2n) is 3.64. The van der Waals surface area contributed by atoms with E-state index in [0.29, 0.717) is 13.2 Å². The number of guanidine groups is 1. The van der Waals surface area contributed by atoms with Gasteiger partial charge < -0.3 is 15.4 Å². The molecule has 0 amide bonds. The first-order chi connectivity index (χ1) is 8.76. The molecule has 19 heavy (non-hydrogen) atoms. The Morgan fingerprint density at radius 2 is 2.21 bits per heavy atom. The fraction of sp³-hybridized carbons (Fsp3) is 0.583. The molecule has 1 heterocycles. The van der Waals surface area contributed by atoms with Gasteiger partial charge in [0, 0.05) is 25.1 Å². The van der Waals surface area contributed by atoms with Crippen molar-refractivity contribution in [2.75, 3.05) is 33.4 Å². The topological polar surface area (TPSA) is 45.7 Å². The van der Waals surface area contributed by atoms with Crippen molar-refractivity contribution in [3.63, 3.8) is 0 Å². The zero-order valence-corrected chi connectivity index (χ0v) is 16.5. The van der Waals surface area contributed by atoms with Crippen molar-refractivity contribution < 1.29 is 4.74 Å². The number of hydrogen-bond donors (Lipinski definition) is 2. The zero-order chi connectivity index (χ0) is 13.2. The van der Waals surface area contributed by atoms with E-state index >= 15 is 0 Å². The number of thiophene rings is 1. The number of methoxy groups -OCH3 is 1. The van der Waals surface area contributed by atoms with Gasteiger partial charge in [0.1, 0.15) is 0 Å². The minimum Gasteiger partial charge on any atom is -0.383 e. The van der Waals surface area contributed by atoms with Crippen molar-refractivity contribution in [2.24, 2.45) is 4.99 Å². The van der Waals surface area contributed by atoms with Crippen LogP contribution in [0.1, 0.15) is 11.8 Å². The third-order valence-corrected chi connectivity index (χ3v) is 4.16. The average Bonchev–Trinajstić information content (AvgIpc) is 2.75. The number of nitrogens with one attached hydrogen (secondary N) is 2. The van der Waals surface area contributed by atoms with E-state index in [1.807, 2.05) is 11.3 Å². The van der Waals surface area contributed by atoms with Gasteiger partial charge in [0.15, 0.2) is 5.96 Å². The molecular weight excluding hydrogens is 488 g/mol. The van der Waals surface area contributed by atoms with Crippen LogP contribution in [-0.4, -0.2) is 39.3 Å². The molecule has 0 aliphatic rings. The third-order valence-electron chi connectivity index (χ3n) is 2.20. The molecule has 0 unspecified atom stereocenters. The van der Waals surface area contributed by atoms with Gasteiger partial charge in [-0.2, -0.15) is 0 Å². The molecule has 1 rings (SSSR count). The van der Waals surface area contributed by atoms with Gasteiger partial charge in [0.2, 0.25) is 0 Å². The lowest BCUT2D eigenvalue weighted by atomic mass is 10.3. The monoisotopic (exact) mass is 509 g/mol. The smallest absolute Gasteiger partial charge is 0.191 e. The van der Waals surface area contributed by atoms with Crippen molar-refractivity contribution in [1.82, 2.24) is 10.6 Å². The fourth-order valence-electron chi connectivity index (χ4n) is 1.38. The summed E-state index contributed by atoms with van der Waals surface area (Å²) in [6.45, 7) is 5.17. The van der Waals surface area contributed by atoms with Crippen LogP contribution in [0.4, 0.5) is 0 Å². The first-order valence-corrected chi connectivity index (χ1v) is 7.91. The molecule has 110 valence electrons. The predicted octanol–water partition coefficient (Wildman–Crippen LogP) is 2.71. The van der Waals surface area contributed by atoms with Crippen LogP contribution in [0.3, 0.4) is 0 Å². The van der Waals surface area contributed by atoms with Crippen molar-refractivity contribution in [3.8, 4) is 0 Å². The Balaban J connectivity index is 0.00000324. The predicted molar refractivity (Wildman–Crippen MR) is 102 cm³/mol. The molecule has 0 aromatic carbocycles. The highest BCUT2D eigenvalue weighted by molar-refractivity contribution is 14.1. The molecule has 0 fully saturated rings. The molecular formula is C12H21I2N3OS. The molecule has 0 aliphatic heterocycles. The van der Waals surface area contributed by atoms with Gasteiger partial charge in [-0.3, -0.25) is 4.99 Å². The van der Waals surface area contributed by atoms with Crippen LogP contribution in [0.15, 0.2) is 17.1 Å². The van der Waals surface area contributed by atoms with E-state index in [1.54, 1.807) is 7.11 Å². The van der Waals surface area contributed by atoms with Gasteiger partial charge in [-0.15, -0.1) is 35.3 Å². The molecule has 0 spiro atoms. The lowest BCUT2D eigenvalue weighted by molar-refractivity contribution is 0.208. The summed E-state index contributed by atoms with van der Waals surface area (Å²) in [5.74, 6) is 0.862. The lowest BCUT2D eigenvalue weighted by Crippen LogP contribution is -2.38. The molecule has 0 saturated heterocycles. The van der Waals surface area contributed by atoms with E-state index in [1.165, 1.54) is 7.76 Å². The molecule has 0 aliphatic carbocycles. The van der Waals surface area contributed by atoms with Crippen LogP contribution in [0.25, 0.3) is 0 Å². The number of halogens is 2. The normalized spacial score (nSPS) is 11.0. The minimum atomic E-state index is 0. The van der Waals surface area contributed by atoms with E-state index in [4.69, 9.17) is 4.74 Å². The van der Waals surface area contributed by atoms with E-state index in [0.717, 1.165) is 25.5 Å². The first kappa shape index (κ1) is 19.4. The SMILES string of the molecule is CCNC(=NCCOC)NCCc1ccc(I)s1.I. The average molecular weight is 509 g/mol. The van der Waals surface area contributed by atoms with Crippen LogP contribution >= 0.6 is 57.9 Å². The second kappa shape index (κ2) is 12.2. The van der Waals surface area contributed by atoms with Gasteiger partial charge in [-0.25, -0.2) is 0 Å². The van der Waals surface area contributed by atoms with Crippen molar-refractivity contribution >= 4 is 63.9 Å². The van der Waals surface area contributed by atoms with Crippen molar-refractivity contribution in [2.45, 2.75) is 13.3 Å². The lowest BCUT2D eigenvalue weighted by Gasteiger charge is -2.10. The van der Waals surface area contributed by atoms with Gasteiger partial charge in [0.05, 0.1) is 16.0 Å². The Kier molecular flexibility index (Phi) is 12.4. The maximum Gasteiger partial charge on any atom is 0.191 e. The molecule has 0 atom stereocenters. The highest BCUT2D eigenvalue weighted by atomic mass is 127. The highest BCUT2D eigenvalue weighted by Gasteiger charge is 1.99. The van der Waals surface area contributed by atoms with E-state index < -0.39 is 0 Å². The number of aliphatic imine (C=N–C) groups is 1. The Hall–Kier alpha value is 0.390. The molecule has 1 aromatic heterocycles. The van der Waals surface area contributed by atoms with Gasteiger partial charge in [-0.1, -0.05) is 0 Å². The van der Waals surface area contributed by atoms with Crippen LogP contribution in [0, 0.1) is 2.88 Å². The summed E-state index contributed by atoms with van der Waals surface area (Å²) in [6.07, 6.45) is 1.03. The third kappa shape index (κ3) is 9.03. The summed E-state index contributed by atoms with van der Waals surface area (Å²) >= 11 is 4.19. The summed E-state index contributed by atoms with van der Waals surface area (Å²) in [4.78, 5) is 5.81. The molecule has 0 saturated carbocycles. The molecule has 2 N–H and O–H groups in total. The van der Waals surface area contributed by atoms with E-state index in [-0.39, 0.29) is 24.0 Å². The maximum absolute atomic E-state index is 4.99. The Morgan fingerprint density at radius 1 is 1.42 bits per heavy atom. The number of nitrogens with zero attached hydrogens (tertiary/aromatic N) is 1. The van der Waals surface area contributed by atoms with Crippen LogP contribution in [0.5, 0.6) is 0 Å². The minimum absolute atomic E-state index is 0. The standard InChI is InChI=1S/C12H20IN3OS.HI/c1-3-14-12(16-8-9-17-2)15-7-6-10-4-5-11(13)18-10;/h4-5H,3,6-9H2,1-2H3,(H2,14,15,16);1H. The zero-order valence-electron chi connectivity index (χ0n) is 11.2. The molecule has 0 bridgehead atoms. The summed E-state index contributed by atoms with van der Waals surface area (Å²) in [7, 11) is 1.69. The number of hydrogen-bond acceptors (Lipinski definition) is 3. The number of ether oxygens (including phenoxy) is 1. The molecule has 7 heteroatoms. The van der Waals surface area contributed by atoms with Crippen molar-refractivity contribution in [1.29, 1.82) is 0 Å². The quantitative estimate of drug-likeness (QED) is 0.258. The Morgan fingerprint density at radius 3 is 2.79 bits per heavy atom. The van der Waals surface area contributed by atoms with Gasteiger partial charge >= 0.3 is 0 Å². The Labute approximate surface area is 150 Å². The van der Waals surface area contributed by atoms with Gasteiger partial charge in [0.25, 0.3) is 0 Å². The number of rotatable bonds is 7. The highest BCUT2D eigenvalue weighted by Crippen LogP contribution is 2.18. The second-order valence-corrected chi connectivity index (χ2v) is 6.70. The van der Waals surface area contributed by atoms with E-state index in [9.17, 15) is 0 Å². The van der Waals surface area contributed by atoms with Crippen LogP contribution in [0.2, 0.25) is 0 Å². The summed E-state index contributed by atoms with van der Waals surface area (Å²) in [5.41, 5.74) is 0. The maximum atomic E-state index is 4.99. The van der Waals surface area contributed by atoms with Crippen molar-refractivity contribution in [3.05, 3.63) is 19.9 Å². The Bertz CT molecular complexity index is 372. The van der Waals surface area contributed by atoms with Crippen LogP contribution < -0.4 is 10.6 Å². The van der Waals surface area contributed by atoms with E-state index in [2.05, 4.69) is 57.3 Å². The molecule has 1 aromatic rings. The molecule has 0 radical (unpaired) electrons. The largest absolute Gasteiger partial charge is 0.383 e. The first-order valence-electron chi connectivity index (χ1n) is 6.01. The molecule has 4 nitrogen and oxygen atoms in total. The fourth-order valence-corrected chi connectivity index (χ4v) is 3.14.